The second-order valence-corrected chi connectivity index (χ2v) is 5.29. The molecule has 1 rings (SSSR count). The molecule has 0 aliphatic heterocycles. The van der Waals surface area contributed by atoms with Gasteiger partial charge >= 0.3 is 5.97 Å². The molecule has 0 fully saturated rings. The van der Waals surface area contributed by atoms with Crippen LogP contribution >= 0.6 is 0 Å². The number of para-hydroxylation sites is 2. The van der Waals surface area contributed by atoms with Crippen molar-refractivity contribution in [2.75, 3.05) is 24.2 Å². The Morgan fingerprint density at radius 3 is 2.53 bits per heavy atom. The maximum atomic E-state index is 11.7. The average molecular weight is 259 g/mol. The standard InChI is InChI=1S/C10H13NO5S/c1-11(17(14,15)7-10(12)13)8-5-3-4-6-9(8)16-2/h3-6H,7H2,1-2H3,(H,12,13). The van der Waals surface area contributed by atoms with Crippen molar-refractivity contribution in [2.24, 2.45) is 0 Å². The van der Waals surface area contributed by atoms with Crippen LogP contribution in [0.2, 0.25) is 0 Å². The van der Waals surface area contributed by atoms with Gasteiger partial charge in [0.15, 0.2) is 5.75 Å². The van der Waals surface area contributed by atoms with E-state index >= 15 is 0 Å². The highest BCUT2D eigenvalue weighted by Crippen LogP contribution is 2.28. The molecule has 1 aromatic carbocycles. The molecule has 0 saturated heterocycles. The van der Waals surface area contributed by atoms with Crippen molar-refractivity contribution in [2.45, 2.75) is 0 Å². The van der Waals surface area contributed by atoms with Gasteiger partial charge in [0.2, 0.25) is 10.0 Å². The van der Waals surface area contributed by atoms with Crippen LogP contribution in [-0.4, -0.2) is 39.4 Å². The molecule has 7 heteroatoms. The van der Waals surface area contributed by atoms with Crippen LogP contribution in [0, 0.1) is 0 Å². The molecule has 94 valence electrons. The predicted octanol–water partition coefficient (Wildman–Crippen LogP) is 0.546. The monoisotopic (exact) mass is 259 g/mol. The summed E-state index contributed by atoms with van der Waals surface area (Å²) < 4.78 is 29.3. The SMILES string of the molecule is COc1ccccc1N(C)S(=O)(=O)CC(=O)O. The van der Waals surface area contributed by atoms with Crippen LogP contribution in [0.3, 0.4) is 0 Å². The second kappa shape index (κ2) is 5.05. The van der Waals surface area contributed by atoms with Gasteiger partial charge < -0.3 is 9.84 Å². The van der Waals surface area contributed by atoms with E-state index in [2.05, 4.69) is 0 Å². The zero-order valence-electron chi connectivity index (χ0n) is 9.45. The van der Waals surface area contributed by atoms with Gasteiger partial charge in [-0.05, 0) is 12.1 Å². The molecule has 0 aliphatic rings. The van der Waals surface area contributed by atoms with E-state index in [1.54, 1.807) is 18.2 Å². The van der Waals surface area contributed by atoms with Gasteiger partial charge in [0.05, 0.1) is 12.8 Å². The number of ether oxygens (including phenoxy) is 1. The van der Waals surface area contributed by atoms with Gasteiger partial charge in [-0.25, -0.2) is 8.42 Å². The third kappa shape index (κ3) is 3.10. The van der Waals surface area contributed by atoms with Crippen molar-refractivity contribution >= 4 is 21.7 Å². The second-order valence-electron chi connectivity index (χ2n) is 3.29. The number of sulfonamides is 1. The van der Waals surface area contributed by atoms with Gasteiger partial charge in [-0.15, -0.1) is 0 Å². The molecule has 0 aromatic heterocycles. The number of anilines is 1. The highest BCUT2D eigenvalue weighted by Gasteiger charge is 2.24. The first-order chi connectivity index (χ1) is 7.88. The zero-order chi connectivity index (χ0) is 13.1. The molecule has 0 spiro atoms. The highest BCUT2D eigenvalue weighted by molar-refractivity contribution is 7.93. The Morgan fingerprint density at radius 1 is 1.41 bits per heavy atom. The maximum Gasteiger partial charge on any atom is 0.320 e. The minimum atomic E-state index is -3.89. The van der Waals surface area contributed by atoms with Crippen LogP contribution in [0.25, 0.3) is 0 Å². The summed E-state index contributed by atoms with van der Waals surface area (Å²) in [5, 5.41) is 8.53. The Kier molecular flexibility index (Phi) is 3.95. The van der Waals surface area contributed by atoms with E-state index in [0.717, 1.165) is 4.31 Å². The van der Waals surface area contributed by atoms with Gasteiger partial charge in [-0.1, -0.05) is 12.1 Å². The fraction of sp³-hybridized carbons (Fsp3) is 0.300. The van der Waals surface area contributed by atoms with Crippen molar-refractivity contribution in [1.82, 2.24) is 0 Å². The third-order valence-corrected chi connectivity index (χ3v) is 3.79. The van der Waals surface area contributed by atoms with E-state index in [4.69, 9.17) is 9.84 Å². The van der Waals surface area contributed by atoms with Gasteiger partial charge in [-0.2, -0.15) is 0 Å². The van der Waals surface area contributed by atoms with E-state index in [-0.39, 0.29) is 0 Å². The summed E-state index contributed by atoms with van der Waals surface area (Å²) in [5.74, 6) is -1.99. The Hall–Kier alpha value is -1.76. The Balaban J connectivity index is 3.12. The molecule has 1 aromatic rings. The van der Waals surface area contributed by atoms with Crippen molar-refractivity contribution in [1.29, 1.82) is 0 Å². The number of benzene rings is 1. The number of methoxy groups -OCH3 is 1. The smallest absolute Gasteiger partial charge is 0.320 e. The largest absolute Gasteiger partial charge is 0.495 e. The first kappa shape index (κ1) is 13.3. The summed E-state index contributed by atoms with van der Waals surface area (Å²) in [4.78, 5) is 10.5. The number of hydrogen-bond donors (Lipinski definition) is 1. The quantitative estimate of drug-likeness (QED) is 0.834. The molecule has 0 aliphatic carbocycles. The third-order valence-electron chi connectivity index (χ3n) is 2.15. The fourth-order valence-electron chi connectivity index (χ4n) is 1.29. The molecule has 6 nitrogen and oxygen atoms in total. The molecule has 0 heterocycles. The Labute approximate surface area is 99.5 Å². The van der Waals surface area contributed by atoms with Gasteiger partial charge in [0.1, 0.15) is 5.75 Å². The Bertz CT molecular complexity index is 511. The lowest BCUT2D eigenvalue weighted by Gasteiger charge is -2.20. The highest BCUT2D eigenvalue weighted by atomic mass is 32.2. The van der Waals surface area contributed by atoms with E-state index in [1.165, 1.54) is 20.2 Å². The summed E-state index contributed by atoms with van der Waals surface area (Å²) in [6.07, 6.45) is 0. The first-order valence-electron chi connectivity index (χ1n) is 4.70. The van der Waals surface area contributed by atoms with Crippen molar-refractivity contribution < 1.29 is 23.1 Å². The number of hydrogen-bond acceptors (Lipinski definition) is 4. The molecule has 0 unspecified atom stereocenters. The number of carbonyl (C=O) groups is 1. The maximum absolute atomic E-state index is 11.7. The summed E-state index contributed by atoms with van der Waals surface area (Å²) in [6.45, 7) is 0. The molecule has 0 saturated carbocycles. The minimum Gasteiger partial charge on any atom is -0.495 e. The number of aliphatic carboxylic acids is 1. The first-order valence-corrected chi connectivity index (χ1v) is 6.31. The van der Waals surface area contributed by atoms with E-state index in [1.807, 2.05) is 0 Å². The molecule has 0 amide bonds. The zero-order valence-corrected chi connectivity index (χ0v) is 10.3. The molecule has 17 heavy (non-hydrogen) atoms. The molecular formula is C10H13NO5S. The van der Waals surface area contributed by atoms with E-state index < -0.39 is 21.7 Å². The number of carboxylic acid groups (broad SMARTS) is 1. The number of carboxylic acids is 1. The van der Waals surface area contributed by atoms with Crippen LogP contribution < -0.4 is 9.04 Å². The Morgan fingerprint density at radius 2 is 2.00 bits per heavy atom. The van der Waals surface area contributed by atoms with Gasteiger partial charge in [0.25, 0.3) is 0 Å². The predicted molar refractivity (Wildman–Crippen MR) is 62.8 cm³/mol. The molecular weight excluding hydrogens is 246 g/mol. The van der Waals surface area contributed by atoms with Crippen LogP contribution in [0.4, 0.5) is 5.69 Å². The van der Waals surface area contributed by atoms with Crippen molar-refractivity contribution in [3.8, 4) is 5.75 Å². The van der Waals surface area contributed by atoms with Gasteiger partial charge in [0, 0.05) is 7.05 Å². The summed E-state index contributed by atoms with van der Waals surface area (Å²) >= 11 is 0. The van der Waals surface area contributed by atoms with Crippen LogP contribution in [0.15, 0.2) is 24.3 Å². The van der Waals surface area contributed by atoms with Crippen LogP contribution in [0.1, 0.15) is 0 Å². The molecule has 0 bridgehead atoms. The molecule has 0 radical (unpaired) electrons. The van der Waals surface area contributed by atoms with E-state index in [9.17, 15) is 13.2 Å². The summed E-state index contributed by atoms with van der Waals surface area (Å²) in [7, 11) is -1.19. The minimum absolute atomic E-state index is 0.302. The van der Waals surface area contributed by atoms with Crippen molar-refractivity contribution in [3.63, 3.8) is 0 Å². The fourth-order valence-corrected chi connectivity index (χ4v) is 2.25. The van der Waals surface area contributed by atoms with E-state index in [0.29, 0.717) is 11.4 Å². The number of rotatable bonds is 5. The molecule has 1 N–H and O–H groups in total. The normalized spacial score (nSPS) is 10.9. The topological polar surface area (TPSA) is 83.9 Å². The van der Waals surface area contributed by atoms with Crippen LogP contribution in [-0.2, 0) is 14.8 Å². The summed E-state index contributed by atoms with van der Waals surface area (Å²) in [5.41, 5.74) is 0.302. The lowest BCUT2D eigenvalue weighted by atomic mass is 10.3. The van der Waals surface area contributed by atoms with Crippen molar-refractivity contribution in [3.05, 3.63) is 24.3 Å². The summed E-state index contributed by atoms with van der Waals surface area (Å²) in [6, 6.07) is 6.48. The lowest BCUT2D eigenvalue weighted by molar-refractivity contribution is -0.134. The lowest BCUT2D eigenvalue weighted by Crippen LogP contribution is -2.32. The molecule has 0 atom stereocenters. The van der Waals surface area contributed by atoms with Crippen LogP contribution in [0.5, 0.6) is 5.75 Å². The van der Waals surface area contributed by atoms with Gasteiger partial charge in [-0.3, -0.25) is 9.10 Å². The average Bonchev–Trinajstić information content (AvgIpc) is 2.26. The number of nitrogens with zero attached hydrogens (tertiary/aromatic N) is 1.